The summed E-state index contributed by atoms with van der Waals surface area (Å²) < 4.78 is 5.91. The molecule has 96 valence electrons. The SMILES string of the molecule is CCNc1nc(OC(C)(C)C)c2ccccc2n1. The number of nitrogens with zero attached hydrogens (tertiary/aromatic N) is 2. The predicted molar refractivity (Wildman–Crippen MR) is 74.1 cm³/mol. The number of para-hydroxylation sites is 1. The highest BCUT2D eigenvalue weighted by Crippen LogP contribution is 2.26. The second-order valence-electron chi connectivity index (χ2n) is 5.11. The minimum Gasteiger partial charge on any atom is -0.471 e. The van der Waals surface area contributed by atoms with E-state index < -0.39 is 0 Å². The molecule has 0 saturated heterocycles. The second-order valence-corrected chi connectivity index (χ2v) is 5.11. The molecule has 4 heteroatoms. The molecule has 0 aliphatic heterocycles. The molecule has 0 amide bonds. The maximum Gasteiger partial charge on any atom is 0.226 e. The Bertz CT molecular complexity index is 546. The van der Waals surface area contributed by atoms with Gasteiger partial charge in [-0.2, -0.15) is 4.98 Å². The van der Waals surface area contributed by atoms with Crippen LogP contribution < -0.4 is 10.1 Å². The third-order valence-electron chi connectivity index (χ3n) is 2.31. The fraction of sp³-hybridized carbons (Fsp3) is 0.429. The molecule has 1 aromatic carbocycles. The molecule has 0 saturated carbocycles. The Morgan fingerprint density at radius 3 is 2.56 bits per heavy atom. The highest BCUT2D eigenvalue weighted by molar-refractivity contribution is 5.84. The van der Waals surface area contributed by atoms with Crippen LogP contribution in [0, 0.1) is 0 Å². The molecule has 1 heterocycles. The van der Waals surface area contributed by atoms with Crippen LogP contribution in [-0.2, 0) is 0 Å². The Hall–Kier alpha value is -1.84. The van der Waals surface area contributed by atoms with Gasteiger partial charge in [-0.1, -0.05) is 12.1 Å². The first-order valence-corrected chi connectivity index (χ1v) is 6.19. The van der Waals surface area contributed by atoms with Crippen LogP contribution in [0.3, 0.4) is 0 Å². The smallest absolute Gasteiger partial charge is 0.226 e. The molecule has 0 atom stereocenters. The number of anilines is 1. The van der Waals surface area contributed by atoms with Crippen LogP contribution in [0.4, 0.5) is 5.95 Å². The van der Waals surface area contributed by atoms with Crippen molar-refractivity contribution < 1.29 is 4.74 Å². The molecule has 0 aliphatic rings. The summed E-state index contributed by atoms with van der Waals surface area (Å²) in [6.45, 7) is 8.83. The molecule has 0 bridgehead atoms. The first-order valence-electron chi connectivity index (χ1n) is 6.19. The molecule has 0 unspecified atom stereocenters. The first kappa shape index (κ1) is 12.6. The molecule has 2 aromatic rings. The van der Waals surface area contributed by atoms with Crippen LogP contribution in [0.15, 0.2) is 24.3 Å². The highest BCUT2D eigenvalue weighted by Gasteiger charge is 2.16. The Labute approximate surface area is 107 Å². The zero-order chi connectivity index (χ0) is 13.2. The number of hydrogen-bond donors (Lipinski definition) is 1. The minimum atomic E-state index is -0.277. The molecule has 4 nitrogen and oxygen atoms in total. The molecule has 0 spiro atoms. The average molecular weight is 245 g/mol. The van der Waals surface area contributed by atoms with Gasteiger partial charge in [0, 0.05) is 6.54 Å². The molecule has 0 radical (unpaired) electrons. The summed E-state index contributed by atoms with van der Waals surface area (Å²) in [6.07, 6.45) is 0. The molecule has 0 aliphatic carbocycles. The number of aromatic nitrogens is 2. The second kappa shape index (κ2) is 4.80. The molecule has 0 fully saturated rings. The minimum absolute atomic E-state index is 0.277. The van der Waals surface area contributed by atoms with Crippen molar-refractivity contribution in [1.82, 2.24) is 9.97 Å². The first-order chi connectivity index (χ1) is 8.49. The lowest BCUT2D eigenvalue weighted by atomic mass is 10.2. The van der Waals surface area contributed by atoms with E-state index in [9.17, 15) is 0 Å². The monoisotopic (exact) mass is 245 g/mol. The van der Waals surface area contributed by atoms with Gasteiger partial charge in [0.05, 0.1) is 10.9 Å². The molecule has 1 aromatic heterocycles. The number of ether oxygens (including phenoxy) is 1. The van der Waals surface area contributed by atoms with Gasteiger partial charge in [-0.3, -0.25) is 0 Å². The number of nitrogens with one attached hydrogen (secondary N) is 1. The van der Waals surface area contributed by atoms with Crippen molar-refractivity contribution in [3.63, 3.8) is 0 Å². The van der Waals surface area contributed by atoms with E-state index in [0.717, 1.165) is 17.4 Å². The number of hydrogen-bond acceptors (Lipinski definition) is 4. The van der Waals surface area contributed by atoms with E-state index >= 15 is 0 Å². The molecular weight excluding hydrogens is 226 g/mol. The van der Waals surface area contributed by atoms with E-state index in [4.69, 9.17) is 4.74 Å². The van der Waals surface area contributed by atoms with Crippen molar-refractivity contribution >= 4 is 16.9 Å². The maximum atomic E-state index is 5.91. The van der Waals surface area contributed by atoms with Crippen molar-refractivity contribution in [3.8, 4) is 5.88 Å². The van der Waals surface area contributed by atoms with Crippen molar-refractivity contribution in [3.05, 3.63) is 24.3 Å². The average Bonchev–Trinajstić information content (AvgIpc) is 2.27. The quantitative estimate of drug-likeness (QED) is 0.901. The normalized spacial score (nSPS) is 11.6. The van der Waals surface area contributed by atoms with E-state index in [1.807, 2.05) is 52.0 Å². The Kier molecular flexibility index (Phi) is 3.36. The van der Waals surface area contributed by atoms with Gasteiger partial charge in [0.15, 0.2) is 0 Å². The summed E-state index contributed by atoms with van der Waals surface area (Å²) in [5, 5.41) is 4.06. The number of benzene rings is 1. The fourth-order valence-electron chi connectivity index (χ4n) is 1.65. The largest absolute Gasteiger partial charge is 0.471 e. The summed E-state index contributed by atoms with van der Waals surface area (Å²) >= 11 is 0. The molecular formula is C14H19N3O. The van der Waals surface area contributed by atoms with Gasteiger partial charge in [-0.15, -0.1) is 0 Å². The van der Waals surface area contributed by atoms with Crippen LogP contribution in [0.25, 0.3) is 10.9 Å². The zero-order valence-electron chi connectivity index (χ0n) is 11.3. The van der Waals surface area contributed by atoms with Crippen molar-refractivity contribution in [2.45, 2.75) is 33.3 Å². The van der Waals surface area contributed by atoms with Crippen LogP contribution in [-0.4, -0.2) is 22.1 Å². The Balaban J connectivity index is 2.53. The van der Waals surface area contributed by atoms with E-state index in [0.29, 0.717) is 11.8 Å². The van der Waals surface area contributed by atoms with E-state index in [2.05, 4.69) is 15.3 Å². The van der Waals surface area contributed by atoms with Crippen LogP contribution in [0.1, 0.15) is 27.7 Å². The lowest BCUT2D eigenvalue weighted by molar-refractivity contribution is 0.126. The summed E-state index contributed by atoms with van der Waals surface area (Å²) in [5.41, 5.74) is 0.614. The van der Waals surface area contributed by atoms with E-state index in [-0.39, 0.29) is 5.60 Å². The number of rotatable bonds is 3. The van der Waals surface area contributed by atoms with Gasteiger partial charge in [-0.05, 0) is 39.8 Å². The predicted octanol–water partition coefficient (Wildman–Crippen LogP) is 3.24. The third kappa shape index (κ3) is 2.88. The van der Waals surface area contributed by atoms with Crippen LogP contribution >= 0.6 is 0 Å². The summed E-state index contributed by atoms with van der Waals surface area (Å²) in [6, 6.07) is 7.87. The van der Waals surface area contributed by atoms with Crippen molar-refractivity contribution in [2.75, 3.05) is 11.9 Å². The van der Waals surface area contributed by atoms with Crippen molar-refractivity contribution in [2.24, 2.45) is 0 Å². The summed E-state index contributed by atoms with van der Waals surface area (Å²) in [7, 11) is 0. The summed E-state index contributed by atoms with van der Waals surface area (Å²) in [5.74, 6) is 1.24. The van der Waals surface area contributed by atoms with Gasteiger partial charge in [-0.25, -0.2) is 4.98 Å². The van der Waals surface area contributed by atoms with E-state index in [1.54, 1.807) is 0 Å². The molecule has 1 N–H and O–H groups in total. The molecule has 2 rings (SSSR count). The van der Waals surface area contributed by atoms with Crippen LogP contribution in [0.2, 0.25) is 0 Å². The zero-order valence-corrected chi connectivity index (χ0v) is 11.3. The van der Waals surface area contributed by atoms with Gasteiger partial charge in [0.25, 0.3) is 0 Å². The van der Waals surface area contributed by atoms with E-state index in [1.165, 1.54) is 0 Å². The Morgan fingerprint density at radius 1 is 1.17 bits per heavy atom. The summed E-state index contributed by atoms with van der Waals surface area (Å²) in [4.78, 5) is 8.88. The lowest BCUT2D eigenvalue weighted by Crippen LogP contribution is -2.24. The van der Waals surface area contributed by atoms with Gasteiger partial charge in [0.1, 0.15) is 5.60 Å². The maximum absolute atomic E-state index is 5.91. The standard InChI is InChI=1S/C14H19N3O/c1-5-15-13-16-11-9-7-6-8-10(11)12(17-13)18-14(2,3)4/h6-9H,5H2,1-4H3,(H,15,16,17). The topological polar surface area (TPSA) is 47.0 Å². The van der Waals surface area contributed by atoms with Gasteiger partial charge >= 0.3 is 0 Å². The number of fused-ring (bicyclic) bond motifs is 1. The lowest BCUT2D eigenvalue weighted by Gasteiger charge is -2.21. The van der Waals surface area contributed by atoms with Gasteiger partial charge in [0.2, 0.25) is 11.8 Å². The fourth-order valence-corrected chi connectivity index (χ4v) is 1.65. The van der Waals surface area contributed by atoms with Crippen LogP contribution in [0.5, 0.6) is 5.88 Å². The molecule has 18 heavy (non-hydrogen) atoms. The Morgan fingerprint density at radius 2 is 1.89 bits per heavy atom. The van der Waals surface area contributed by atoms with Crippen molar-refractivity contribution in [1.29, 1.82) is 0 Å². The van der Waals surface area contributed by atoms with Gasteiger partial charge < -0.3 is 10.1 Å². The third-order valence-corrected chi connectivity index (χ3v) is 2.31. The highest BCUT2D eigenvalue weighted by atomic mass is 16.5.